The van der Waals surface area contributed by atoms with Crippen LogP contribution in [0.4, 0.5) is 0 Å². The van der Waals surface area contributed by atoms with E-state index in [2.05, 4.69) is 15.7 Å². The number of guanidine groups is 1. The number of thiophene rings is 1. The summed E-state index contributed by atoms with van der Waals surface area (Å²) < 4.78 is 0.821. The maximum absolute atomic E-state index is 5.80. The quantitative estimate of drug-likeness (QED) is 0.315. The maximum Gasteiger partial charge on any atom is 0.205 e. The summed E-state index contributed by atoms with van der Waals surface area (Å²) in [5.74, 6) is 5.80. The van der Waals surface area contributed by atoms with Crippen molar-refractivity contribution >= 4 is 28.9 Å². The molecule has 0 spiro atoms. The van der Waals surface area contributed by atoms with E-state index in [9.17, 15) is 0 Å². The summed E-state index contributed by atoms with van der Waals surface area (Å²) >= 11 is 7.39. The van der Waals surface area contributed by atoms with Crippen LogP contribution < -0.4 is 16.6 Å². The third kappa shape index (κ3) is 3.53. The number of hydrazine groups is 1. The Morgan fingerprint density at radius 1 is 1.64 bits per heavy atom. The van der Waals surface area contributed by atoms with Crippen LogP contribution in [0.3, 0.4) is 0 Å². The first-order valence-corrected chi connectivity index (χ1v) is 5.37. The van der Waals surface area contributed by atoms with Gasteiger partial charge in [0.1, 0.15) is 0 Å². The third-order valence-electron chi connectivity index (χ3n) is 1.65. The molecule has 0 fully saturated rings. The smallest absolute Gasteiger partial charge is 0.205 e. The second-order valence-electron chi connectivity index (χ2n) is 2.60. The number of aliphatic imine (C=N–C) groups is 1. The molecule has 1 aromatic rings. The predicted octanol–water partition coefficient (Wildman–Crippen LogP) is 0.983. The number of hydrogen-bond acceptors (Lipinski definition) is 3. The van der Waals surface area contributed by atoms with Crippen molar-refractivity contribution in [2.45, 2.75) is 6.42 Å². The van der Waals surface area contributed by atoms with E-state index in [1.54, 1.807) is 18.4 Å². The summed E-state index contributed by atoms with van der Waals surface area (Å²) in [5, 5.41) is 3.05. The molecule has 0 aliphatic carbocycles. The second kappa shape index (κ2) is 5.85. The predicted molar refractivity (Wildman–Crippen MR) is 61.7 cm³/mol. The summed E-state index contributed by atoms with van der Waals surface area (Å²) in [6, 6.07) is 3.92. The molecule has 78 valence electrons. The van der Waals surface area contributed by atoms with Crippen LogP contribution in [-0.2, 0) is 6.42 Å². The Hall–Kier alpha value is -0.780. The molecule has 0 aromatic carbocycles. The van der Waals surface area contributed by atoms with E-state index in [1.807, 2.05) is 12.1 Å². The van der Waals surface area contributed by atoms with E-state index >= 15 is 0 Å². The summed E-state index contributed by atoms with van der Waals surface area (Å²) in [4.78, 5) is 5.14. The van der Waals surface area contributed by atoms with Crippen LogP contribution in [0.2, 0.25) is 4.34 Å². The van der Waals surface area contributed by atoms with Gasteiger partial charge in [-0.25, -0.2) is 5.84 Å². The Balaban J connectivity index is 2.28. The van der Waals surface area contributed by atoms with Gasteiger partial charge in [0.2, 0.25) is 5.96 Å². The van der Waals surface area contributed by atoms with Gasteiger partial charge >= 0.3 is 0 Å². The molecule has 1 rings (SSSR count). The SMILES string of the molecule is CN=C(NN)NCCc1ccc(Cl)s1. The zero-order valence-corrected chi connectivity index (χ0v) is 9.45. The molecule has 0 bridgehead atoms. The van der Waals surface area contributed by atoms with Gasteiger partial charge in [0.25, 0.3) is 0 Å². The average molecular weight is 233 g/mol. The normalized spacial score (nSPS) is 11.5. The van der Waals surface area contributed by atoms with Gasteiger partial charge in [0.05, 0.1) is 4.34 Å². The van der Waals surface area contributed by atoms with Gasteiger partial charge in [-0.2, -0.15) is 0 Å². The van der Waals surface area contributed by atoms with Crippen molar-refractivity contribution in [3.63, 3.8) is 0 Å². The molecular formula is C8H13ClN4S. The van der Waals surface area contributed by atoms with Crippen LogP contribution in [0.5, 0.6) is 0 Å². The minimum atomic E-state index is 0.590. The van der Waals surface area contributed by atoms with Crippen molar-refractivity contribution in [2.24, 2.45) is 10.8 Å². The lowest BCUT2D eigenvalue weighted by atomic mass is 10.3. The highest BCUT2D eigenvalue weighted by Gasteiger charge is 1.98. The fraction of sp³-hybridized carbons (Fsp3) is 0.375. The van der Waals surface area contributed by atoms with Crippen LogP contribution >= 0.6 is 22.9 Å². The number of halogens is 1. The number of rotatable bonds is 3. The van der Waals surface area contributed by atoms with Gasteiger partial charge < -0.3 is 5.32 Å². The number of hydrogen-bond donors (Lipinski definition) is 3. The van der Waals surface area contributed by atoms with Crippen LogP contribution in [0, 0.1) is 0 Å². The summed E-state index contributed by atoms with van der Waals surface area (Å²) in [6.45, 7) is 0.785. The third-order valence-corrected chi connectivity index (χ3v) is 2.94. The lowest BCUT2D eigenvalue weighted by Gasteiger charge is -2.06. The van der Waals surface area contributed by atoms with Gasteiger partial charge in [-0.05, 0) is 18.6 Å². The molecule has 14 heavy (non-hydrogen) atoms. The number of nitrogens with two attached hydrogens (primary N) is 1. The van der Waals surface area contributed by atoms with E-state index in [-0.39, 0.29) is 0 Å². The molecule has 0 aliphatic rings. The van der Waals surface area contributed by atoms with Crippen molar-refractivity contribution in [1.82, 2.24) is 10.7 Å². The van der Waals surface area contributed by atoms with E-state index in [0.29, 0.717) is 5.96 Å². The lowest BCUT2D eigenvalue weighted by Crippen LogP contribution is -2.42. The molecule has 0 aliphatic heterocycles. The van der Waals surface area contributed by atoms with Crippen molar-refractivity contribution in [3.8, 4) is 0 Å². The molecular weight excluding hydrogens is 220 g/mol. The van der Waals surface area contributed by atoms with Gasteiger partial charge in [0, 0.05) is 18.5 Å². The molecule has 4 nitrogen and oxygen atoms in total. The van der Waals surface area contributed by atoms with Crippen LogP contribution in [0.15, 0.2) is 17.1 Å². The van der Waals surface area contributed by atoms with Gasteiger partial charge in [-0.15, -0.1) is 11.3 Å². The van der Waals surface area contributed by atoms with Crippen LogP contribution in [0.1, 0.15) is 4.88 Å². The lowest BCUT2D eigenvalue weighted by molar-refractivity contribution is 0.823. The Morgan fingerprint density at radius 2 is 2.43 bits per heavy atom. The molecule has 0 saturated heterocycles. The second-order valence-corrected chi connectivity index (χ2v) is 4.40. The van der Waals surface area contributed by atoms with E-state index in [1.165, 1.54) is 4.88 Å². The summed E-state index contributed by atoms with van der Waals surface area (Å²) in [7, 11) is 1.67. The van der Waals surface area contributed by atoms with Gasteiger partial charge in [-0.3, -0.25) is 10.4 Å². The van der Waals surface area contributed by atoms with E-state index in [4.69, 9.17) is 17.4 Å². The average Bonchev–Trinajstić information content (AvgIpc) is 2.59. The van der Waals surface area contributed by atoms with Gasteiger partial charge in [0.15, 0.2) is 0 Å². The van der Waals surface area contributed by atoms with Gasteiger partial charge in [-0.1, -0.05) is 11.6 Å². The maximum atomic E-state index is 5.80. The molecule has 1 heterocycles. The highest BCUT2D eigenvalue weighted by atomic mass is 35.5. The minimum Gasteiger partial charge on any atom is -0.355 e. The molecule has 0 radical (unpaired) electrons. The standard InChI is InChI=1S/C8H13ClN4S/c1-11-8(13-10)12-5-4-6-2-3-7(9)14-6/h2-3H,4-5,10H2,1H3,(H2,11,12,13). The Labute approximate surface area is 92.1 Å². The Morgan fingerprint density at radius 3 is 2.93 bits per heavy atom. The van der Waals surface area contributed by atoms with Crippen molar-refractivity contribution in [3.05, 3.63) is 21.3 Å². The van der Waals surface area contributed by atoms with Crippen molar-refractivity contribution in [2.75, 3.05) is 13.6 Å². The Kier molecular flexibility index (Phi) is 4.72. The minimum absolute atomic E-state index is 0.590. The van der Waals surface area contributed by atoms with Crippen molar-refractivity contribution in [1.29, 1.82) is 0 Å². The highest BCUT2D eigenvalue weighted by Crippen LogP contribution is 2.21. The zero-order valence-electron chi connectivity index (χ0n) is 7.88. The van der Waals surface area contributed by atoms with Crippen LogP contribution in [-0.4, -0.2) is 19.6 Å². The summed E-state index contributed by atoms with van der Waals surface area (Å²) in [6.07, 6.45) is 0.915. The topological polar surface area (TPSA) is 62.4 Å². The monoisotopic (exact) mass is 232 g/mol. The molecule has 0 atom stereocenters. The number of nitrogens with one attached hydrogen (secondary N) is 2. The molecule has 1 aromatic heterocycles. The molecule has 0 saturated carbocycles. The van der Waals surface area contributed by atoms with E-state index in [0.717, 1.165) is 17.3 Å². The molecule has 0 amide bonds. The fourth-order valence-electron chi connectivity index (χ4n) is 0.985. The van der Waals surface area contributed by atoms with E-state index < -0.39 is 0 Å². The first-order chi connectivity index (χ1) is 6.76. The summed E-state index contributed by atoms with van der Waals surface area (Å²) in [5.41, 5.74) is 2.46. The highest BCUT2D eigenvalue weighted by molar-refractivity contribution is 7.16. The molecule has 0 unspecified atom stereocenters. The molecule has 4 N–H and O–H groups in total. The Bertz CT molecular complexity index is 310. The van der Waals surface area contributed by atoms with Crippen molar-refractivity contribution < 1.29 is 0 Å². The molecule has 6 heteroatoms. The fourth-order valence-corrected chi connectivity index (χ4v) is 2.07. The number of nitrogens with zero attached hydrogens (tertiary/aromatic N) is 1. The first-order valence-electron chi connectivity index (χ1n) is 4.17. The first kappa shape index (κ1) is 11.3. The zero-order chi connectivity index (χ0) is 10.4. The van der Waals surface area contributed by atoms with Crippen LogP contribution in [0.25, 0.3) is 0 Å². The largest absolute Gasteiger partial charge is 0.355 e.